The molecule has 2 N–H and O–H groups in total. The van der Waals surface area contributed by atoms with Gasteiger partial charge in [-0.1, -0.05) is 19.8 Å². The number of methoxy groups -OCH3 is 1. The van der Waals surface area contributed by atoms with Gasteiger partial charge in [-0.3, -0.25) is 0 Å². The van der Waals surface area contributed by atoms with Crippen molar-refractivity contribution in [1.29, 1.82) is 0 Å². The summed E-state index contributed by atoms with van der Waals surface area (Å²) in [5, 5.41) is 0. The number of imidazole rings is 1. The number of hydrogen-bond acceptors (Lipinski definition) is 4. The molecule has 0 radical (unpaired) electrons. The third kappa shape index (κ3) is 2.91. The molecule has 1 aromatic rings. The number of esters is 1. The summed E-state index contributed by atoms with van der Waals surface area (Å²) in [6.07, 6.45) is 8.96. The van der Waals surface area contributed by atoms with Crippen molar-refractivity contribution in [3.05, 3.63) is 12.0 Å². The number of aromatic nitrogens is 2. The van der Waals surface area contributed by atoms with Crippen LogP contribution in [-0.4, -0.2) is 22.6 Å². The Labute approximate surface area is 114 Å². The topological polar surface area (TPSA) is 70.1 Å². The lowest BCUT2D eigenvalue weighted by molar-refractivity contribution is 0.0596. The van der Waals surface area contributed by atoms with Crippen molar-refractivity contribution in [2.24, 2.45) is 5.92 Å². The highest BCUT2D eigenvalue weighted by Gasteiger charge is 2.25. The molecule has 106 valence electrons. The molecule has 1 heterocycles. The van der Waals surface area contributed by atoms with Crippen LogP contribution < -0.4 is 5.73 Å². The van der Waals surface area contributed by atoms with E-state index in [0.717, 1.165) is 18.8 Å². The number of nitrogen functional groups attached to an aromatic ring is 1. The van der Waals surface area contributed by atoms with E-state index in [2.05, 4.69) is 16.6 Å². The Morgan fingerprint density at radius 3 is 2.74 bits per heavy atom. The minimum Gasteiger partial charge on any atom is -0.464 e. The number of nitrogens with zero attached hydrogens (tertiary/aromatic N) is 2. The minimum absolute atomic E-state index is 0.234. The number of carbonyl (C=O) groups excluding carboxylic acids is 1. The Balaban J connectivity index is 2.04. The first-order chi connectivity index (χ1) is 9.17. The number of rotatable bonds is 4. The van der Waals surface area contributed by atoms with E-state index in [1.165, 1.54) is 32.8 Å². The Morgan fingerprint density at radius 2 is 2.16 bits per heavy atom. The van der Waals surface area contributed by atoms with Crippen LogP contribution in [-0.2, 0) is 4.74 Å². The molecule has 0 aromatic carbocycles. The highest BCUT2D eigenvalue weighted by molar-refractivity contribution is 5.92. The average Bonchev–Trinajstić information content (AvgIpc) is 2.81. The molecule has 0 amide bonds. The van der Waals surface area contributed by atoms with Crippen LogP contribution >= 0.6 is 0 Å². The number of hydrogen-bond donors (Lipinski definition) is 1. The van der Waals surface area contributed by atoms with Crippen molar-refractivity contribution in [2.45, 2.75) is 51.5 Å². The molecule has 1 saturated carbocycles. The van der Waals surface area contributed by atoms with Crippen LogP contribution in [0, 0.1) is 5.92 Å². The number of ether oxygens (including phenoxy) is 1. The Bertz CT molecular complexity index is 434. The van der Waals surface area contributed by atoms with Crippen LogP contribution in [0.2, 0.25) is 0 Å². The highest BCUT2D eigenvalue weighted by atomic mass is 16.5. The van der Waals surface area contributed by atoms with E-state index < -0.39 is 5.97 Å². The highest BCUT2D eigenvalue weighted by Crippen LogP contribution is 2.35. The first-order valence-electron chi connectivity index (χ1n) is 7.08. The predicted octanol–water partition coefficient (Wildman–Crippen LogP) is 2.78. The molecule has 5 nitrogen and oxygen atoms in total. The van der Waals surface area contributed by atoms with Crippen LogP contribution in [0.5, 0.6) is 0 Å². The molecule has 0 bridgehead atoms. The Morgan fingerprint density at radius 1 is 1.47 bits per heavy atom. The fourth-order valence-electron chi connectivity index (χ4n) is 3.04. The van der Waals surface area contributed by atoms with Crippen molar-refractivity contribution in [3.8, 4) is 0 Å². The van der Waals surface area contributed by atoms with Crippen LogP contribution in [0.1, 0.15) is 62.0 Å². The van der Waals surface area contributed by atoms with Gasteiger partial charge in [0.25, 0.3) is 0 Å². The van der Waals surface area contributed by atoms with Gasteiger partial charge in [0.15, 0.2) is 5.69 Å². The van der Waals surface area contributed by atoms with E-state index in [1.54, 1.807) is 6.33 Å². The molecule has 0 saturated heterocycles. The Hall–Kier alpha value is -1.52. The third-order valence-electron chi connectivity index (χ3n) is 4.12. The zero-order valence-electron chi connectivity index (χ0n) is 11.8. The molecule has 0 spiro atoms. The van der Waals surface area contributed by atoms with E-state index >= 15 is 0 Å². The molecule has 1 fully saturated rings. The van der Waals surface area contributed by atoms with Crippen molar-refractivity contribution in [3.63, 3.8) is 0 Å². The summed E-state index contributed by atoms with van der Waals surface area (Å²) in [6.45, 7) is 2.24. The normalized spacial score (nSPS) is 23.3. The SMILES string of the molecule is CCCC1CCC(n2cnc(C(=O)OC)c2N)CC1. The van der Waals surface area contributed by atoms with E-state index in [9.17, 15) is 4.79 Å². The van der Waals surface area contributed by atoms with Crippen LogP contribution in [0.3, 0.4) is 0 Å². The van der Waals surface area contributed by atoms with E-state index in [-0.39, 0.29) is 5.69 Å². The monoisotopic (exact) mass is 265 g/mol. The predicted molar refractivity (Wildman–Crippen MR) is 73.9 cm³/mol. The first kappa shape index (κ1) is 13.9. The van der Waals surface area contributed by atoms with Gasteiger partial charge < -0.3 is 15.0 Å². The summed E-state index contributed by atoms with van der Waals surface area (Å²) >= 11 is 0. The van der Waals surface area contributed by atoms with Crippen LogP contribution in [0.25, 0.3) is 0 Å². The summed E-state index contributed by atoms with van der Waals surface area (Å²) in [4.78, 5) is 15.6. The molecule has 5 heteroatoms. The molecule has 2 rings (SSSR count). The van der Waals surface area contributed by atoms with Gasteiger partial charge in [-0.2, -0.15) is 0 Å². The lowest BCUT2D eigenvalue weighted by atomic mass is 9.83. The quantitative estimate of drug-likeness (QED) is 0.850. The third-order valence-corrected chi connectivity index (χ3v) is 4.12. The maximum atomic E-state index is 11.5. The summed E-state index contributed by atoms with van der Waals surface area (Å²) in [6, 6.07) is 0.374. The molecule has 19 heavy (non-hydrogen) atoms. The van der Waals surface area contributed by atoms with Crippen molar-refractivity contribution in [2.75, 3.05) is 12.8 Å². The molecule has 1 aliphatic rings. The van der Waals surface area contributed by atoms with Crippen molar-refractivity contribution >= 4 is 11.8 Å². The molecule has 1 aliphatic carbocycles. The molecule has 0 atom stereocenters. The maximum Gasteiger partial charge on any atom is 0.360 e. The second kappa shape index (κ2) is 6.08. The van der Waals surface area contributed by atoms with Gasteiger partial charge in [0.05, 0.1) is 13.4 Å². The smallest absolute Gasteiger partial charge is 0.360 e. The van der Waals surface area contributed by atoms with Gasteiger partial charge >= 0.3 is 5.97 Å². The first-order valence-corrected chi connectivity index (χ1v) is 7.08. The second-order valence-corrected chi connectivity index (χ2v) is 5.34. The van der Waals surface area contributed by atoms with E-state index in [4.69, 9.17) is 5.73 Å². The van der Waals surface area contributed by atoms with Crippen molar-refractivity contribution < 1.29 is 9.53 Å². The molecular weight excluding hydrogens is 242 g/mol. The lowest BCUT2D eigenvalue weighted by Gasteiger charge is -2.29. The van der Waals surface area contributed by atoms with Gasteiger partial charge in [-0.25, -0.2) is 9.78 Å². The molecular formula is C14H23N3O2. The van der Waals surface area contributed by atoms with Gasteiger partial charge in [0, 0.05) is 6.04 Å². The van der Waals surface area contributed by atoms with E-state index in [1.807, 2.05) is 4.57 Å². The molecule has 0 aliphatic heterocycles. The fourth-order valence-corrected chi connectivity index (χ4v) is 3.04. The van der Waals surface area contributed by atoms with Gasteiger partial charge in [0.1, 0.15) is 5.82 Å². The maximum absolute atomic E-state index is 11.5. The fraction of sp³-hybridized carbons (Fsp3) is 0.714. The summed E-state index contributed by atoms with van der Waals surface area (Å²) in [5.74, 6) is 0.827. The lowest BCUT2D eigenvalue weighted by Crippen LogP contribution is -2.19. The second-order valence-electron chi connectivity index (χ2n) is 5.34. The summed E-state index contributed by atoms with van der Waals surface area (Å²) < 4.78 is 6.61. The average molecular weight is 265 g/mol. The van der Waals surface area contributed by atoms with Crippen LogP contribution in [0.4, 0.5) is 5.82 Å². The molecule has 0 unspecified atom stereocenters. The minimum atomic E-state index is -0.462. The Kier molecular flexibility index (Phi) is 4.45. The van der Waals surface area contributed by atoms with Crippen LogP contribution in [0.15, 0.2) is 6.33 Å². The number of nitrogens with two attached hydrogens (primary N) is 1. The number of anilines is 1. The van der Waals surface area contributed by atoms with E-state index in [0.29, 0.717) is 11.9 Å². The summed E-state index contributed by atoms with van der Waals surface area (Å²) in [5.41, 5.74) is 6.24. The standard InChI is InChI=1S/C14H23N3O2/c1-3-4-10-5-7-11(8-6-10)17-9-16-12(13(17)15)14(18)19-2/h9-11H,3-8,15H2,1-2H3. The zero-order chi connectivity index (χ0) is 13.8. The largest absolute Gasteiger partial charge is 0.464 e. The number of carbonyl (C=O) groups is 1. The van der Waals surface area contributed by atoms with Gasteiger partial charge in [-0.15, -0.1) is 0 Å². The zero-order valence-corrected chi connectivity index (χ0v) is 11.8. The summed E-state index contributed by atoms with van der Waals surface area (Å²) in [7, 11) is 1.34. The van der Waals surface area contributed by atoms with Crippen molar-refractivity contribution in [1.82, 2.24) is 9.55 Å². The molecule has 1 aromatic heterocycles. The van der Waals surface area contributed by atoms with Gasteiger partial charge in [0.2, 0.25) is 0 Å². The van der Waals surface area contributed by atoms with Gasteiger partial charge in [-0.05, 0) is 31.6 Å².